The van der Waals surface area contributed by atoms with E-state index >= 15 is 0 Å². The van der Waals surface area contributed by atoms with Crippen molar-refractivity contribution in [2.45, 2.75) is 76.4 Å². The summed E-state index contributed by atoms with van der Waals surface area (Å²) in [5.41, 5.74) is 0.658. The summed E-state index contributed by atoms with van der Waals surface area (Å²) in [7, 11) is 1.80. The van der Waals surface area contributed by atoms with Crippen LogP contribution in [0, 0.1) is 0 Å². The summed E-state index contributed by atoms with van der Waals surface area (Å²) in [6.45, 7) is 10.3. The first-order valence-electron chi connectivity index (χ1n) is 8.00. The monoisotopic (exact) mass is 268 g/mol. The Morgan fingerprint density at radius 1 is 1.21 bits per heavy atom. The van der Waals surface area contributed by atoms with Crippen LogP contribution < -0.4 is 5.32 Å². The van der Waals surface area contributed by atoms with Gasteiger partial charge in [-0.25, -0.2) is 0 Å². The van der Waals surface area contributed by atoms with Crippen molar-refractivity contribution in [3.63, 3.8) is 0 Å². The lowest BCUT2D eigenvalue weighted by atomic mass is 9.77. The minimum Gasteiger partial charge on any atom is -0.385 e. The van der Waals surface area contributed by atoms with Crippen molar-refractivity contribution in [3.05, 3.63) is 0 Å². The molecule has 1 atom stereocenters. The van der Waals surface area contributed by atoms with Crippen molar-refractivity contribution in [1.29, 1.82) is 0 Å². The van der Waals surface area contributed by atoms with Crippen molar-refractivity contribution in [3.8, 4) is 0 Å². The van der Waals surface area contributed by atoms with Gasteiger partial charge in [0.05, 0.1) is 0 Å². The third kappa shape index (κ3) is 3.50. The van der Waals surface area contributed by atoms with Gasteiger partial charge in [0.15, 0.2) is 0 Å². The van der Waals surface area contributed by atoms with E-state index < -0.39 is 0 Å². The molecular formula is C16H32N2O. The number of piperazine rings is 1. The van der Waals surface area contributed by atoms with Gasteiger partial charge in [-0.3, -0.25) is 4.90 Å². The molecule has 112 valence electrons. The molecule has 1 heterocycles. The van der Waals surface area contributed by atoms with E-state index in [9.17, 15) is 0 Å². The Morgan fingerprint density at radius 3 is 2.53 bits per heavy atom. The first kappa shape index (κ1) is 15.3. The van der Waals surface area contributed by atoms with Gasteiger partial charge in [0, 0.05) is 43.9 Å². The third-order valence-corrected chi connectivity index (χ3v) is 5.23. The molecule has 1 saturated heterocycles. The van der Waals surface area contributed by atoms with E-state index in [0.29, 0.717) is 11.6 Å². The highest BCUT2D eigenvalue weighted by Gasteiger charge is 2.44. The van der Waals surface area contributed by atoms with Gasteiger partial charge >= 0.3 is 0 Å². The molecule has 1 unspecified atom stereocenters. The summed E-state index contributed by atoms with van der Waals surface area (Å²) >= 11 is 0. The van der Waals surface area contributed by atoms with E-state index in [2.05, 4.69) is 31.0 Å². The fraction of sp³-hybridized carbons (Fsp3) is 1.00. The Labute approximate surface area is 119 Å². The minimum atomic E-state index is 0.260. The average molecular weight is 268 g/mol. The molecule has 3 heteroatoms. The van der Waals surface area contributed by atoms with Crippen molar-refractivity contribution in [2.24, 2.45) is 0 Å². The molecule has 1 spiro atoms. The number of methoxy groups -OCH3 is 1. The molecule has 2 aliphatic rings. The van der Waals surface area contributed by atoms with E-state index in [1.807, 2.05) is 0 Å². The zero-order valence-electron chi connectivity index (χ0n) is 13.3. The number of ether oxygens (including phenoxy) is 1. The Kier molecular flexibility index (Phi) is 4.91. The van der Waals surface area contributed by atoms with Gasteiger partial charge in [0.1, 0.15) is 0 Å². The molecule has 0 bridgehead atoms. The SMILES string of the molecule is COCCC(C)N1CC2(CCCCC2)NCC1(C)C. The largest absolute Gasteiger partial charge is 0.385 e. The van der Waals surface area contributed by atoms with Gasteiger partial charge in [0.25, 0.3) is 0 Å². The minimum absolute atomic E-state index is 0.260. The molecule has 0 amide bonds. The Balaban J connectivity index is 2.04. The van der Waals surface area contributed by atoms with Crippen LogP contribution in [0.4, 0.5) is 0 Å². The summed E-state index contributed by atoms with van der Waals surface area (Å²) in [4.78, 5) is 2.73. The molecule has 0 aromatic rings. The van der Waals surface area contributed by atoms with Crippen LogP contribution in [0.15, 0.2) is 0 Å². The van der Waals surface area contributed by atoms with Crippen LogP contribution in [-0.2, 0) is 4.74 Å². The third-order valence-electron chi connectivity index (χ3n) is 5.23. The van der Waals surface area contributed by atoms with Crippen LogP contribution in [0.25, 0.3) is 0 Å². The number of nitrogens with zero attached hydrogens (tertiary/aromatic N) is 1. The predicted molar refractivity (Wildman–Crippen MR) is 80.6 cm³/mol. The van der Waals surface area contributed by atoms with Gasteiger partial charge in [-0.1, -0.05) is 19.3 Å². The second-order valence-corrected chi connectivity index (χ2v) is 7.27. The quantitative estimate of drug-likeness (QED) is 0.848. The fourth-order valence-corrected chi connectivity index (χ4v) is 3.86. The van der Waals surface area contributed by atoms with Crippen molar-refractivity contribution in [1.82, 2.24) is 10.2 Å². The lowest BCUT2D eigenvalue weighted by Gasteiger charge is -2.55. The van der Waals surface area contributed by atoms with E-state index in [1.54, 1.807) is 7.11 Å². The first-order valence-corrected chi connectivity index (χ1v) is 8.00. The summed E-state index contributed by atoms with van der Waals surface area (Å²) in [5, 5.41) is 3.89. The number of hydrogen-bond donors (Lipinski definition) is 1. The molecule has 19 heavy (non-hydrogen) atoms. The van der Waals surface area contributed by atoms with Crippen LogP contribution in [-0.4, -0.2) is 48.8 Å². The van der Waals surface area contributed by atoms with Crippen molar-refractivity contribution >= 4 is 0 Å². The Bertz CT molecular complexity index is 284. The van der Waals surface area contributed by atoms with Crippen LogP contribution in [0.3, 0.4) is 0 Å². The second-order valence-electron chi connectivity index (χ2n) is 7.27. The normalized spacial score (nSPS) is 28.4. The number of rotatable bonds is 4. The zero-order chi connectivity index (χ0) is 13.9. The Hall–Kier alpha value is -0.120. The maximum Gasteiger partial charge on any atom is 0.0477 e. The molecule has 1 saturated carbocycles. The molecule has 0 radical (unpaired) electrons. The highest BCUT2D eigenvalue weighted by Crippen LogP contribution is 2.35. The maximum absolute atomic E-state index is 5.27. The second kappa shape index (κ2) is 6.11. The lowest BCUT2D eigenvalue weighted by molar-refractivity contribution is -0.0221. The maximum atomic E-state index is 5.27. The molecule has 2 fully saturated rings. The average Bonchev–Trinajstić information content (AvgIpc) is 2.40. The van der Waals surface area contributed by atoms with E-state index in [4.69, 9.17) is 4.74 Å². The molecule has 3 nitrogen and oxygen atoms in total. The van der Waals surface area contributed by atoms with Gasteiger partial charge in [-0.05, 0) is 40.0 Å². The molecule has 0 aromatic carbocycles. The van der Waals surface area contributed by atoms with Gasteiger partial charge < -0.3 is 10.1 Å². The fourth-order valence-electron chi connectivity index (χ4n) is 3.86. The summed E-state index contributed by atoms with van der Waals surface area (Å²) in [6, 6.07) is 0.607. The lowest BCUT2D eigenvalue weighted by Crippen LogP contribution is -2.70. The molecule has 2 rings (SSSR count). The predicted octanol–water partition coefficient (Wildman–Crippen LogP) is 2.80. The topological polar surface area (TPSA) is 24.5 Å². The molecule has 0 aromatic heterocycles. The molecule has 1 aliphatic heterocycles. The van der Waals surface area contributed by atoms with Gasteiger partial charge in [0.2, 0.25) is 0 Å². The van der Waals surface area contributed by atoms with Crippen LogP contribution in [0.1, 0.15) is 59.3 Å². The Morgan fingerprint density at radius 2 is 1.89 bits per heavy atom. The zero-order valence-corrected chi connectivity index (χ0v) is 13.3. The highest BCUT2D eigenvalue weighted by atomic mass is 16.5. The summed E-state index contributed by atoms with van der Waals surface area (Å²) < 4.78 is 5.27. The van der Waals surface area contributed by atoms with Crippen LogP contribution in [0.5, 0.6) is 0 Å². The highest BCUT2D eigenvalue weighted by molar-refractivity contribution is 5.04. The van der Waals surface area contributed by atoms with Crippen molar-refractivity contribution < 1.29 is 4.74 Å². The van der Waals surface area contributed by atoms with Gasteiger partial charge in [-0.2, -0.15) is 0 Å². The van der Waals surface area contributed by atoms with E-state index in [0.717, 1.165) is 19.6 Å². The number of nitrogens with one attached hydrogen (secondary N) is 1. The first-order chi connectivity index (χ1) is 8.99. The van der Waals surface area contributed by atoms with Crippen molar-refractivity contribution in [2.75, 3.05) is 26.8 Å². The van der Waals surface area contributed by atoms with E-state index in [1.165, 1.54) is 38.6 Å². The molecular weight excluding hydrogens is 236 g/mol. The van der Waals surface area contributed by atoms with Gasteiger partial charge in [-0.15, -0.1) is 0 Å². The number of hydrogen-bond acceptors (Lipinski definition) is 3. The van der Waals surface area contributed by atoms with E-state index in [-0.39, 0.29) is 5.54 Å². The van der Waals surface area contributed by atoms with Crippen LogP contribution >= 0.6 is 0 Å². The molecule has 1 aliphatic carbocycles. The summed E-state index contributed by atoms with van der Waals surface area (Å²) in [6.07, 6.45) is 8.07. The van der Waals surface area contributed by atoms with Crippen LogP contribution in [0.2, 0.25) is 0 Å². The summed E-state index contributed by atoms with van der Waals surface area (Å²) in [5.74, 6) is 0. The molecule has 1 N–H and O–H groups in total. The smallest absolute Gasteiger partial charge is 0.0477 e. The standard InChI is InChI=1S/C16H32N2O/c1-14(8-11-19-4)18-13-16(9-6-5-7-10-16)17-12-15(18,2)3/h14,17H,5-13H2,1-4H3.